The molecule has 3 N–H and O–H groups in total. The molecule has 0 aliphatic carbocycles. The second-order valence-corrected chi connectivity index (χ2v) is 7.84. The highest BCUT2D eigenvalue weighted by atomic mass is 19.4. The van der Waals surface area contributed by atoms with Gasteiger partial charge in [0.1, 0.15) is 12.1 Å². The molecule has 11 heteroatoms. The van der Waals surface area contributed by atoms with E-state index in [1.807, 2.05) is 31.2 Å². The zero-order valence-corrected chi connectivity index (χ0v) is 18.9. The van der Waals surface area contributed by atoms with Gasteiger partial charge >= 0.3 is 6.18 Å². The summed E-state index contributed by atoms with van der Waals surface area (Å²) in [5, 5.41) is 8.79. The van der Waals surface area contributed by atoms with E-state index < -0.39 is 29.0 Å². The number of carbonyl (C=O) groups excluding carboxylic acids is 1. The number of amides is 1. The summed E-state index contributed by atoms with van der Waals surface area (Å²) in [6.45, 7) is 2.24. The number of nitrogens with zero attached hydrogens (tertiary/aromatic N) is 3. The van der Waals surface area contributed by atoms with Crippen molar-refractivity contribution >= 4 is 28.8 Å². The second-order valence-electron chi connectivity index (χ2n) is 7.84. The third-order valence-electron chi connectivity index (χ3n) is 5.13. The molecular formula is C25H20F4N6O. The van der Waals surface area contributed by atoms with Gasteiger partial charge in [0.15, 0.2) is 5.82 Å². The Morgan fingerprint density at radius 1 is 0.972 bits per heavy atom. The molecule has 2 aromatic carbocycles. The van der Waals surface area contributed by atoms with E-state index in [0.29, 0.717) is 30.1 Å². The number of para-hydroxylation sites is 1. The van der Waals surface area contributed by atoms with Crippen molar-refractivity contribution < 1.29 is 22.4 Å². The highest BCUT2D eigenvalue weighted by Gasteiger charge is 2.32. The summed E-state index contributed by atoms with van der Waals surface area (Å²) in [4.78, 5) is 25.1. The lowest BCUT2D eigenvalue weighted by molar-refractivity contribution is -0.137. The van der Waals surface area contributed by atoms with Gasteiger partial charge in [0, 0.05) is 35.8 Å². The molecular weight excluding hydrogens is 476 g/mol. The molecule has 4 rings (SSSR count). The predicted molar refractivity (Wildman–Crippen MR) is 127 cm³/mol. The van der Waals surface area contributed by atoms with Crippen molar-refractivity contribution in [1.29, 1.82) is 0 Å². The Morgan fingerprint density at radius 2 is 1.72 bits per heavy atom. The number of nitrogens with one attached hydrogen (secondary N) is 3. The smallest absolute Gasteiger partial charge is 0.380 e. The molecule has 36 heavy (non-hydrogen) atoms. The third kappa shape index (κ3) is 6.12. The highest BCUT2D eigenvalue weighted by molar-refractivity contribution is 6.06. The van der Waals surface area contributed by atoms with E-state index in [2.05, 4.69) is 30.9 Å². The quantitative estimate of drug-likeness (QED) is 0.274. The Hall–Kier alpha value is -4.54. The fourth-order valence-corrected chi connectivity index (χ4v) is 3.30. The topological polar surface area (TPSA) is 91.8 Å². The molecule has 0 atom stereocenters. The Kier molecular flexibility index (Phi) is 7.09. The number of hydrogen-bond acceptors (Lipinski definition) is 6. The highest BCUT2D eigenvalue weighted by Crippen LogP contribution is 2.32. The van der Waals surface area contributed by atoms with Gasteiger partial charge in [0.2, 0.25) is 0 Å². The van der Waals surface area contributed by atoms with Crippen molar-refractivity contribution in [3.63, 3.8) is 0 Å². The van der Waals surface area contributed by atoms with Gasteiger partial charge in [-0.05, 0) is 42.8 Å². The van der Waals surface area contributed by atoms with Gasteiger partial charge < -0.3 is 16.0 Å². The van der Waals surface area contributed by atoms with Gasteiger partial charge in [0.05, 0.1) is 23.1 Å². The van der Waals surface area contributed by atoms with Gasteiger partial charge in [-0.2, -0.15) is 13.2 Å². The first-order valence-electron chi connectivity index (χ1n) is 10.7. The predicted octanol–water partition coefficient (Wildman–Crippen LogP) is 5.95. The molecule has 2 heterocycles. The number of halogens is 4. The molecule has 0 aliphatic heterocycles. The molecule has 2 aromatic heterocycles. The lowest BCUT2D eigenvalue weighted by Gasteiger charge is -2.16. The number of benzene rings is 2. The van der Waals surface area contributed by atoms with Crippen LogP contribution < -0.4 is 16.0 Å². The van der Waals surface area contributed by atoms with E-state index in [9.17, 15) is 22.4 Å². The second kappa shape index (κ2) is 10.4. The molecule has 4 aromatic rings. The van der Waals surface area contributed by atoms with Crippen LogP contribution in [0.5, 0.6) is 0 Å². The Balaban J connectivity index is 1.64. The number of hydrogen-bond donors (Lipinski definition) is 3. The fraction of sp³-hybridized carbons (Fsp3) is 0.120. The SMILES string of the molecule is Cc1ccccc1Nc1ncc(NCc2cncnc2)cc1NC(=O)c1cc(F)cc(C(F)(F)F)c1. The van der Waals surface area contributed by atoms with E-state index in [-0.39, 0.29) is 11.5 Å². The van der Waals surface area contributed by atoms with Gasteiger partial charge in [-0.1, -0.05) is 18.2 Å². The number of aryl methyl sites for hydroxylation is 1. The van der Waals surface area contributed by atoms with Gasteiger partial charge in [-0.3, -0.25) is 4.79 Å². The molecule has 0 saturated carbocycles. The molecule has 0 fully saturated rings. The van der Waals surface area contributed by atoms with Crippen LogP contribution in [0.15, 0.2) is 73.4 Å². The minimum atomic E-state index is -4.80. The maximum absolute atomic E-state index is 13.9. The first kappa shape index (κ1) is 24.6. The number of alkyl halides is 3. The molecule has 0 radical (unpaired) electrons. The molecule has 7 nitrogen and oxygen atoms in total. The zero-order chi connectivity index (χ0) is 25.7. The Morgan fingerprint density at radius 3 is 2.44 bits per heavy atom. The summed E-state index contributed by atoms with van der Waals surface area (Å²) in [5.41, 5.74) is 1.36. The molecule has 1 amide bonds. The molecule has 0 aliphatic rings. The van der Waals surface area contributed by atoms with Crippen molar-refractivity contribution in [2.24, 2.45) is 0 Å². The van der Waals surface area contributed by atoms with Crippen LogP contribution in [0.3, 0.4) is 0 Å². The fourth-order valence-electron chi connectivity index (χ4n) is 3.30. The monoisotopic (exact) mass is 496 g/mol. The van der Waals surface area contributed by atoms with Crippen LogP contribution in [-0.2, 0) is 12.7 Å². The molecule has 0 spiro atoms. The number of pyridine rings is 1. The van der Waals surface area contributed by atoms with Crippen molar-refractivity contribution in [3.8, 4) is 0 Å². The van der Waals surface area contributed by atoms with E-state index >= 15 is 0 Å². The largest absolute Gasteiger partial charge is 0.416 e. The van der Waals surface area contributed by atoms with Crippen molar-refractivity contribution in [2.45, 2.75) is 19.6 Å². The minimum Gasteiger partial charge on any atom is -0.380 e. The van der Waals surface area contributed by atoms with Crippen LogP contribution in [0.1, 0.15) is 27.0 Å². The summed E-state index contributed by atoms with van der Waals surface area (Å²) >= 11 is 0. The maximum Gasteiger partial charge on any atom is 0.416 e. The summed E-state index contributed by atoms with van der Waals surface area (Å²) in [7, 11) is 0. The van der Waals surface area contributed by atoms with Crippen molar-refractivity contribution in [1.82, 2.24) is 15.0 Å². The van der Waals surface area contributed by atoms with Crippen LogP contribution in [0.4, 0.5) is 40.4 Å². The maximum atomic E-state index is 13.9. The van der Waals surface area contributed by atoms with E-state index in [0.717, 1.165) is 17.2 Å². The lowest BCUT2D eigenvalue weighted by atomic mass is 10.1. The molecule has 184 valence electrons. The van der Waals surface area contributed by atoms with E-state index in [1.165, 1.54) is 12.5 Å². The Labute approximate surface area is 203 Å². The minimum absolute atomic E-state index is 0.176. The number of anilines is 4. The lowest BCUT2D eigenvalue weighted by Crippen LogP contribution is -2.16. The van der Waals surface area contributed by atoms with Gasteiger partial charge in [-0.15, -0.1) is 0 Å². The number of aromatic nitrogens is 3. The van der Waals surface area contributed by atoms with Gasteiger partial charge in [0.25, 0.3) is 5.91 Å². The normalized spacial score (nSPS) is 11.1. The third-order valence-corrected chi connectivity index (χ3v) is 5.13. The number of carbonyl (C=O) groups is 1. The average molecular weight is 496 g/mol. The first-order valence-corrected chi connectivity index (χ1v) is 10.7. The van der Waals surface area contributed by atoms with E-state index in [1.54, 1.807) is 18.5 Å². The summed E-state index contributed by atoms with van der Waals surface area (Å²) < 4.78 is 53.2. The van der Waals surface area contributed by atoms with Crippen LogP contribution in [0, 0.1) is 12.7 Å². The average Bonchev–Trinajstić information content (AvgIpc) is 2.85. The van der Waals surface area contributed by atoms with Gasteiger partial charge in [-0.25, -0.2) is 19.3 Å². The standard InChI is InChI=1S/C25H20F4N6O/c1-15-4-2-3-5-21(15)34-23-22(9-20(13-33-23)32-12-16-10-30-14-31-11-16)35-24(36)17-6-18(25(27,28)29)8-19(26)7-17/h2-11,13-14,32H,12H2,1H3,(H,33,34)(H,35,36). The van der Waals surface area contributed by atoms with Crippen LogP contribution in [0.2, 0.25) is 0 Å². The summed E-state index contributed by atoms with van der Waals surface area (Å²) in [6, 6.07) is 10.6. The van der Waals surface area contributed by atoms with E-state index in [4.69, 9.17) is 0 Å². The summed E-state index contributed by atoms with van der Waals surface area (Å²) in [6.07, 6.45) is 1.39. The van der Waals surface area contributed by atoms with Crippen LogP contribution >= 0.6 is 0 Å². The molecule has 0 saturated heterocycles. The first-order chi connectivity index (χ1) is 17.2. The Bertz CT molecular complexity index is 1380. The zero-order valence-electron chi connectivity index (χ0n) is 18.9. The molecule has 0 unspecified atom stereocenters. The van der Waals surface area contributed by atoms with Crippen LogP contribution in [-0.4, -0.2) is 20.9 Å². The summed E-state index contributed by atoms with van der Waals surface area (Å²) in [5.74, 6) is -1.85. The van der Waals surface area contributed by atoms with Crippen molar-refractivity contribution in [3.05, 3.63) is 102 Å². The number of rotatable bonds is 7. The van der Waals surface area contributed by atoms with Crippen LogP contribution in [0.25, 0.3) is 0 Å². The van der Waals surface area contributed by atoms with Crippen molar-refractivity contribution in [2.75, 3.05) is 16.0 Å². The molecule has 0 bridgehead atoms.